The predicted molar refractivity (Wildman–Crippen MR) is 130 cm³/mol. The number of aromatic nitrogens is 3. The third-order valence-corrected chi connectivity index (χ3v) is 5.92. The fourth-order valence-electron chi connectivity index (χ4n) is 4.13. The van der Waals surface area contributed by atoms with Gasteiger partial charge in [-0.15, -0.1) is 0 Å². The Hall–Kier alpha value is -3.19. The third-order valence-electron chi connectivity index (χ3n) is 5.92. The SMILES string of the molecule is COc1ccc(Cc2nccc(N(C)Cc3ccncc3)n2)cc1OCCCN1CCCC1. The maximum Gasteiger partial charge on any atom is 0.161 e. The molecular weight excluding hydrogens is 414 g/mol. The molecule has 0 radical (unpaired) electrons. The Morgan fingerprint density at radius 3 is 2.58 bits per heavy atom. The van der Waals surface area contributed by atoms with Crippen LogP contribution >= 0.6 is 0 Å². The van der Waals surface area contributed by atoms with Gasteiger partial charge in [0.05, 0.1) is 13.7 Å². The minimum Gasteiger partial charge on any atom is -0.493 e. The first kappa shape index (κ1) is 23.0. The van der Waals surface area contributed by atoms with Crippen LogP contribution < -0.4 is 14.4 Å². The summed E-state index contributed by atoms with van der Waals surface area (Å²) in [4.78, 5) is 18.0. The van der Waals surface area contributed by atoms with Crippen molar-refractivity contribution in [1.82, 2.24) is 19.9 Å². The predicted octanol–water partition coefficient (Wildman–Crippen LogP) is 3.97. The van der Waals surface area contributed by atoms with Gasteiger partial charge in [-0.2, -0.15) is 0 Å². The number of rotatable bonds is 11. The molecule has 33 heavy (non-hydrogen) atoms. The van der Waals surface area contributed by atoms with E-state index in [2.05, 4.69) is 19.8 Å². The molecule has 0 atom stereocenters. The maximum absolute atomic E-state index is 6.09. The molecule has 1 aliphatic heterocycles. The monoisotopic (exact) mass is 447 g/mol. The second-order valence-corrected chi connectivity index (χ2v) is 8.46. The molecule has 4 rings (SSSR count). The molecule has 0 spiro atoms. The highest BCUT2D eigenvalue weighted by atomic mass is 16.5. The number of benzene rings is 1. The van der Waals surface area contributed by atoms with Crippen molar-refractivity contribution in [2.24, 2.45) is 0 Å². The van der Waals surface area contributed by atoms with Gasteiger partial charge >= 0.3 is 0 Å². The number of nitrogens with zero attached hydrogens (tertiary/aromatic N) is 5. The summed E-state index contributed by atoms with van der Waals surface area (Å²) in [7, 11) is 3.71. The number of anilines is 1. The van der Waals surface area contributed by atoms with E-state index in [1.54, 1.807) is 7.11 Å². The molecule has 1 fully saturated rings. The van der Waals surface area contributed by atoms with Gasteiger partial charge in [0.2, 0.25) is 0 Å². The van der Waals surface area contributed by atoms with E-state index >= 15 is 0 Å². The summed E-state index contributed by atoms with van der Waals surface area (Å²) >= 11 is 0. The van der Waals surface area contributed by atoms with Crippen molar-refractivity contribution in [3.05, 3.63) is 71.9 Å². The Bertz CT molecular complexity index is 1010. The Kier molecular flexibility index (Phi) is 8.09. The molecule has 3 heterocycles. The quantitative estimate of drug-likeness (QED) is 0.412. The smallest absolute Gasteiger partial charge is 0.161 e. The van der Waals surface area contributed by atoms with Gasteiger partial charge in [-0.25, -0.2) is 9.97 Å². The highest BCUT2D eigenvalue weighted by Gasteiger charge is 2.12. The lowest BCUT2D eigenvalue weighted by molar-refractivity contribution is 0.254. The molecule has 0 amide bonds. The summed E-state index contributed by atoms with van der Waals surface area (Å²) in [6, 6.07) is 12.0. The number of hydrogen-bond donors (Lipinski definition) is 0. The van der Waals surface area contributed by atoms with E-state index in [1.165, 1.54) is 31.5 Å². The van der Waals surface area contributed by atoms with Crippen LogP contribution in [0.2, 0.25) is 0 Å². The molecule has 7 heteroatoms. The van der Waals surface area contributed by atoms with E-state index < -0.39 is 0 Å². The van der Waals surface area contributed by atoms with E-state index in [4.69, 9.17) is 14.5 Å². The fourth-order valence-corrected chi connectivity index (χ4v) is 4.13. The topological polar surface area (TPSA) is 63.6 Å². The molecule has 174 valence electrons. The number of ether oxygens (including phenoxy) is 2. The summed E-state index contributed by atoms with van der Waals surface area (Å²) in [5.74, 6) is 3.21. The van der Waals surface area contributed by atoms with Crippen molar-refractivity contribution >= 4 is 5.82 Å². The zero-order valence-corrected chi connectivity index (χ0v) is 19.6. The Balaban J connectivity index is 1.37. The van der Waals surface area contributed by atoms with Crippen molar-refractivity contribution in [3.63, 3.8) is 0 Å². The molecule has 0 unspecified atom stereocenters. The van der Waals surface area contributed by atoms with Crippen LogP contribution in [0.1, 0.15) is 36.2 Å². The van der Waals surface area contributed by atoms with E-state index in [-0.39, 0.29) is 0 Å². The van der Waals surface area contributed by atoms with Gasteiger partial charge in [0, 0.05) is 45.1 Å². The zero-order chi connectivity index (χ0) is 22.9. The first-order chi connectivity index (χ1) is 16.2. The summed E-state index contributed by atoms with van der Waals surface area (Å²) in [5, 5.41) is 0. The van der Waals surface area contributed by atoms with Crippen LogP contribution in [0, 0.1) is 0 Å². The molecule has 2 aromatic heterocycles. The Morgan fingerprint density at radius 1 is 0.970 bits per heavy atom. The molecule has 1 aliphatic rings. The average Bonchev–Trinajstić information content (AvgIpc) is 3.36. The lowest BCUT2D eigenvalue weighted by atomic mass is 10.1. The van der Waals surface area contributed by atoms with Gasteiger partial charge in [0.1, 0.15) is 11.6 Å². The largest absolute Gasteiger partial charge is 0.493 e. The highest BCUT2D eigenvalue weighted by Crippen LogP contribution is 2.29. The van der Waals surface area contributed by atoms with Gasteiger partial charge < -0.3 is 19.3 Å². The minimum atomic E-state index is 0.630. The molecule has 3 aromatic rings. The number of pyridine rings is 1. The van der Waals surface area contributed by atoms with Crippen molar-refractivity contribution in [2.45, 2.75) is 32.2 Å². The molecule has 0 saturated carbocycles. The van der Waals surface area contributed by atoms with E-state index in [0.29, 0.717) is 13.0 Å². The van der Waals surface area contributed by atoms with Crippen LogP contribution in [-0.4, -0.2) is 60.3 Å². The van der Waals surface area contributed by atoms with E-state index in [1.807, 2.05) is 62.0 Å². The average molecular weight is 448 g/mol. The lowest BCUT2D eigenvalue weighted by Gasteiger charge is -2.18. The third kappa shape index (κ3) is 6.65. The number of likely N-dealkylation sites (tertiary alicyclic amines) is 1. The van der Waals surface area contributed by atoms with Gasteiger partial charge in [-0.3, -0.25) is 4.98 Å². The molecule has 0 N–H and O–H groups in total. The summed E-state index contributed by atoms with van der Waals surface area (Å²) in [6.45, 7) is 4.97. The highest BCUT2D eigenvalue weighted by molar-refractivity contribution is 5.44. The standard InChI is InChI=1S/C26H33N5O2/c1-30(20-21-8-11-27-12-9-21)26-10-13-28-25(29-26)19-22-6-7-23(32-2)24(18-22)33-17-5-16-31-14-3-4-15-31/h6-13,18H,3-5,14-17,19-20H2,1-2H3. The maximum atomic E-state index is 6.09. The van der Waals surface area contributed by atoms with Gasteiger partial charge in [0.25, 0.3) is 0 Å². The summed E-state index contributed by atoms with van der Waals surface area (Å²) < 4.78 is 11.6. The Morgan fingerprint density at radius 2 is 1.79 bits per heavy atom. The van der Waals surface area contributed by atoms with Gasteiger partial charge in [-0.05, 0) is 73.8 Å². The minimum absolute atomic E-state index is 0.630. The second-order valence-electron chi connectivity index (χ2n) is 8.46. The summed E-state index contributed by atoms with van der Waals surface area (Å²) in [5.41, 5.74) is 2.29. The van der Waals surface area contributed by atoms with Crippen LogP contribution in [-0.2, 0) is 13.0 Å². The normalized spacial score (nSPS) is 13.8. The molecule has 7 nitrogen and oxygen atoms in total. The number of hydrogen-bond acceptors (Lipinski definition) is 7. The van der Waals surface area contributed by atoms with Gasteiger partial charge in [-0.1, -0.05) is 6.07 Å². The second kappa shape index (κ2) is 11.6. The molecule has 0 bridgehead atoms. The van der Waals surface area contributed by atoms with Crippen LogP contribution in [0.25, 0.3) is 0 Å². The van der Waals surface area contributed by atoms with Gasteiger partial charge in [0.15, 0.2) is 11.5 Å². The van der Waals surface area contributed by atoms with Crippen molar-refractivity contribution < 1.29 is 9.47 Å². The Labute approximate surface area is 196 Å². The molecular formula is C26H33N5O2. The lowest BCUT2D eigenvalue weighted by Crippen LogP contribution is -2.21. The van der Waals surface area contributed by atoms with Crippen LogP contribution in [0.4, 0.5) is 5.82 Å². The fraction of sp³-hybridized carbons (Fsp3) is 0.423. The van der Waals surface area contributed by atoms with E-state index in [0.717, 1.165) is 48.2 Å². The van der Waals surface area contributed by atoms with Crippen LogP contribution in [0.3, 0.4) is 0 Å². The van der Waals surface area contributed by atoms with Crippen molar-refractivity contribution in [2.75, 3.05) is 45.3 Å². The zero-order valence-electron chi connectivity index (χ0n) is 19.6. The molecule has 1 aromatic carbocycles. The van der Waals surface area contributed by atoms with E-state index in [9.17, 15) is 0 Å². The van der Waals surface area contributed by atoms with Crippen LogP contribution in [0.5, 0.6) is 11.5 Å². The van der Waals surface area contributed by atoms with Crippen molar-refractivity contribution in [1.29, 1.82) is 0 Å². The number of methoxy groups -OCH3 is 1. The van der Waals surface area contributed by atoms with Crippen molar-refractivity contribution in [3.8, 4) is 11.5 Å². The first-order valence-corrected chi connectivity index (χ1v) is 11.7. The summed E-state index contributed by atoms with van der Waals surface area (Å²) in [6.07, 6.45) is 9.72. The van der Waals surface area contributed by atoms with Crippen LogP contribution in [0.15, 0.2) is 55.0 Å². The molecule has 1 saturated heterocycles. The first-order valence-electron chi connectivity index (χ1n) is 11.7. The molecule has 0 aliphatic carbocycles.